The van der Waals surface area contributed by atoms with Crippen molar-refractivity contribution in [1.29, 1.82) is 0 Å². The van der Waals surface area contributed by atoms with Crippen molar-refractivity contribution < 1.29 is 14.6 Å². The van der Waals surface area contributed by atoms with Gasteiger partial charge in [-0.25, -0.2) is 14.8 Å². The van der Waals surface area contributed by atoms with Gasteiger partial charge in [0.2, 0.25) is 0 Å². The Bertz CT molecular complexity index is 1170. The number of phenols is 1. The van der Waals surface area contributed by atoms with Gasteiger partial charge in [0.1, 0.15) is 27.6 Å². The number of ether oxygens (including phenoxy) is 1. The molecular formula is C20H17N3O3S. The van der Waals surface area contributed by atoms with Crippen molar-refractivity contribution in [3.63, 3.8) is 0 Å². The van der Waals surface area contributed by atoms with E-state index in [2.05, 4.69) is 15.3 Å². The molecule has 0 spiro atoms. The zero-order chi connectivity index (χ0) is 19.0. The highest BCUT2D eigenvalue weighted by Gasteiger charge is 2.20. The Morgan fingerprint density at radius 3 is 2.78 bits per heavy atom. The van der Waals surface area contributed by atoms with E-state index in [9.17, 15) is 9.90 Å². The summed E-state index contributed by atoms with van der Waals surface area (Å²) in [7, 11) is 0. The van der Waals surface area contributed by atoms with E-state index in [1.54, 1.807) is 19.1 Å². The van der Waals surface area contributed by atoms with Gasteiger partial charge in [-0.2, -0.15) is 0 Å². The van der Waals surface area contributed by atoms with Gasteiger partial charge >= 0.3 is 5.97 Å². The first-order valence-electron chi connectivity index (χ1n) is 8.49. The summed E-state index contributed by atoms with van der Waals surface area (Å²) in [5.41, 5.74) is 1.60. The fourth-order valence-electron chi connectivity index (χ4n) is 3.09. The Labute approximate surface area is 159 Å². The molecule has 0 amide bonds. The van der Waals surface area contributed by atoms with Crippen LogP contribution >= 0.6 is 11.3 Å². The van der Waals surface area contributed by atoms with Crippen LogP contribution in [0.5, 0.6) is 5.75 Å². The molecule has 0 aliphatic rings. The minimum Gasteiger partial charge on any atom is -0.507 e. The number of esters is 1. The number of benzene rings is 2. The zero-order valence-corrected chi connectivity index (χ0v) is 15.6. The smallest absolute Gasteiger partial charge is 0.348 e. The Morgan fingerprint density at radius 2 is 1.96 bits per heavy atom. The van der Waals surface area contributed by atoms with Crippen LogP contribution in [0, 0.1) is 6.92 Å². The molecule has 0 fully saturated rings. The number of hydrogen-bond acceptors (Lipinski definition) is 7. The summed E-state index contributed by atoms with van der Waals surface area (Å²) >= 11 is 1.30. The van der Waals surface area contributed by atoms with Crippen molar-refractivity contribution in [3.8, 4) is 5.75 Å². The summed E-state index contributed by atoms with van der Waals surface area (Å²) in [5, 5.41) is 15.8. The van der Waals surface area contributed by atoms with E-state index in [0.717, 1.165) is 32.2 Å². The molecular weight excluding hydrogens is 362 g/mol. The van der Waals surface area contributed by atoms with E-state index >= 15 is 0 Å². The molecule has 0 aliphatic carbocycles. The summed E-state index contributed by atoms with van der Waals surface area (Å²) in [6.07, 6.45) is 1.47. The van der Waals surface area contributed by atoms with Crippen molar-refractivity contribution in [2.75, 3.05) is 11.9 Å². The maximum atomic E-state index is 12.2. The highest BCUT2D eigenvalue weighted by Crippen LogP contribution is 2.37. The third kappa shape index (κ3) is 2.96. The van der Waals surface area contributed by atoms with Gasteiger partial charge in [-0.05, 0) is 31.5 Å². The van der Waals surface area contributed by atoms with Crippen molar-refractivity contribution in [2.24, 2.45) is 0 Å². The van der Waals surface area contributed by atoms with Gasteiger partial charge in [0.25, 0.3) is 0 Å². The molecule has 6 nitrogen and oxygen atoms in total. The fraction of sp³-hybridized carbons (Fsp3) is 0.150. The first-order chi connectivity index (χ1) is 13.1. The molecule has 0 bridgehead atoms. The molecule has 2 aromatic heterocycles. The van der Waals surface area contributed by atoms with Gasteiger partial charge in [-0.15, -0.1) is 11.3 Å². The summed E-state index contributed by atoms with van der Waals surface area (Å²) in [6, 6.07) is 11.0. The van der Waals surface area contributed by atoms with Gasteiger partial charge in [0.05, 0.1) is 12.0 Å². The van der Waals surface area contributed by atoms with Crippen LogP contribution in [0.1, 0.15) is 22.2 Å². The zero-order valence-electron chi connectivity index (χ0n) is 14.8. The van der Waals surface area contributed by atoms with E-state index in [4.69, 9.17) is 4.74 Å². The molecule has 27 heavy (non-hydrogen) atoms. The molecule has 0 radical (unpaired) electrons. The highest BCUT2D eigenvalue weighted by molar-refractivity contribution is 7.20. The molecule has 0 saturated heterocycles. The van der Waals surface area contributed by atoms with Crippen molar-refractivity contribution in [2.45, 2.75) is 13.8 Å². The van der Waals surface area contributed by atoms with Crippen molar-refractivity contribution in [3.05, 3.63) is 53.2 Å². The van der Waals surface area contributed by atoms with Gasteiger partial charge in [-0.1, -0.05) is 24.3 Å². The molecule has 136 valence electrons. The number of aromatic hydroxyl groups is 1. The fourth-order valence-corrected chi connectivity index (χ4v) is 4.13. The minimum atomic E-state index is -0.348. The average Bonchev–Trinajstić information content (AvgIpc) is 3.01. The standard InChI is InChI=1S/C20H17N3O3S/c1-3-26-20(25)17-11(2)16-18(21-10-22-19(16)27-17)23-14-8-4-7-13-12(14)6-5-9-15(13)24/h4-10,24H,3H2,1-2H3,(H,21,22,23). The lowest BCUT2D eigenvalue weighted by atomic mass is 10.1. The number of phenolic OH excluding ortho intramolecular Hbond substituents is 1. The molecule has 0 saturated carbocycles. The van der Waals surface area contributed by atoms with Crippen molar-refractivity contribution in [1.82, 2.24) is 9.97 Å². The van der Waals surface area contributed by atoms with E-state index < -0.39 is 0 Å². The highest BCUT2D eigenvalue weighted by atomic mass is 32.1. The minimum absolute atomic E-state index is 0.222. The normalized spacial score (nSPS) is 11.0. The molecule has 4 aromatic rings. The van der Waals surface area contributed by atoms with Gasteiger partial charge in [-0.3, -0.25) is 0 Å². The second-order valence-corrected chi connectivity index (χ2v) is 6.98. The number of carbonyl (C=O) groups is 1. The number of carbonyl (C=O) groups excluding carboxylic acids is 1. The summed E-state index contributed by atoms with van der Waals surface area (Å²) in [6.45, 7) is 3.97. The molecule has 2 heterocycles. The van der Waals surface area contributed by atoms with Crippen LogP contribution in [0.4, 0.5) is 11.5 Å². The summed E-state index contributed by atoms with van der Waals surface area (Å²) in [4.78, 5) is 22.1. The lowest BCUT2D eigenvalue weighted by molar-refractivity contribution is 0.0531. The predicted molar refractivity (Wildman–Crippen MR) is 107 cm³/mol. The lowest BCUT2D eigenvalue weighted by Crippen LogP contribution is -2.03. The maximum Gasteiger partial charge on any atom is 0.348 e. The lowest BCUT2D eigenvalue weighted by Gasteiger charge is -2.11. The molecule has 2 aromatic carbocycles. The molecule has 2 N–H and O–H groups in total. The van der Waals surface area contributed by atoms with Crippen LogP contribution in [0.3, 0.4) is 0 Å². The Kier molecular flexibility index (Phi) is 4.37. The second kappa shape index (κ2) is 6.85. The number of nitrogens with zero attached hydrogens (tertiary/aromatic N) is 2. The number of hydrogen-bond donors (Lipinski definition) is 2. The first-order valence-corrected chi connectivity index (χ1v) is 9.30. The topological polar surface area (TPSA) is 84.3 Å². The Balaban J connectivity index is 1.84. The van der Waals surface area contributed by atoms with Crippen LogP contribution < -0.4 is 5.32 Å². The largest absolute Gasteiger partial charge is 0.507 e. The number of fused-ring (bicyclic) bond motifs is 2. The van der Waals surface area contributed by atoms with E-state index in [0.29, 0.717) is 17.3 Å². The third-order valence-corrected chi connectivity index (χ3v) is 5.52. The van der Waals surface area contributed by atoms with Crippen LogP contribution in [-0.4, -0.2) is 27.7 Å². The quantitative estimate of drug-likeness (QED) is 0.497. The summed E-state index contributed by atoms with van der Waals surface area (Å²) in [5.74, 6) is 0.486. The average molecular weight is 379 g/mol. The van der Waals surface area contributed by atoms with Crippen molar-refractivity contribution >= 4 is 49.8 Å². The van der Waals surface area contributed by atoms with Crippen LogP contribution in [0.15, 0.2) is 42.7 Å². The molecule has 0 unspecified atom stereocenters. The van der Waals surface area contributed by atoms with E-state index in [-0.39, 0.29) is 11.7 Å². The molecule has 0 atom stereocenters. The second-order valence-electron chi connectivity index (χ2n) is 5.98. The number of nitrogens with one attached hydrogen (secondary N) is 1. The van der Waals surface area contributed by atoms with E-state index in [1.165, 1.54) is 17.7 Å². The summed E-state index contributed by atoms with van der Waals surface area (Å²) < 4.78 is 5.14. The van der Waals surface area contributed by atoms with Gasteiger partial charge < -0.3 is 15.2 Å². The molecule has 4 rings (SSSR count). The SMILES string of the molecule is CCOC(=O)c1sc2ncnc(Nc3cccc4c(O)cccc34)c2c1C. The number of aryl methyl sites for hydroxylation is 1. The number of anilines is 2. The number of thiophene rings is 1. The van der Waals surface area contributed by atoms with Gasteiger partial charge in [0, 0.05) is 16.5 Å². The molecule has 7 heteroatoms. The van der Waals surface area contributed by atoms with Crippen LogP contribution in [-0.2, 0) is 4.74 Å². The Morgan fingerprint density at radius 1 is 1.19 bits per heavy atom. The molecule has 0 aliphatic heterocycles. The van der Waals surface area contributed by atoms with Crippen LogP contribution in [0.25, 0.3) is 21.0 Å². The Hall–Kier alpha value is -3.19. The third-order valence-electron chi connectivity index (χ3n) is 4.34. The maximum absolute atomic E-state index is 12.2. The predicted octanol–water partition coefficient (Wildman–Crippen LogP) is 4.78. The van der Waals surface area contributed by atoms with E-state index in [1.807, 2.05) is 31.2 Å². The first kappa shape index (κ1) is 17.2. The number of aromatic nitrogens is 2. The van der Waals surface area contributed by atoms with Crippen LogP contribution in [0.2, 0.25) is 0 Å². The monoisotopic (exact) mass is 379 g/mol. The number of rotatable bonds is 4. The van der Waals surface area contributed by atoms with Gasteiger partial charge in [0.15, 0.2) is 0 Å².